The molecular weight excluding hydrogens is 308 g/mol. The molecule has 1 aromatic rings. The molecule has 24 heavy (non-hydrogen) atoms. The second-order valence-corrected chi connectivity index (χ2v) is 6.34. The third kappa shape index (κ3) is 5.04. The van der Waals surface area contributed by atoms with Crippen LogP contribution < -0.4 is 0 Å². The molecule has 1 aromatic carbocycles. The Morgan fingerprint density at radius 1 is 1.33 bits per heavy atom. The fourth-order valence-electron chi connectivity index (χ4n) is 3.03. The minimum absolute atomic E-state index is 0.139. The predicted molar refractivity (Wildman–Crippen MR) is 91.3 cm³/mol. The van der Waals surface area contributed by atoms with Crippen LogP contribution in [0.25, 0.3) is 0 Å². The van der Waals surface area contributed by atoms with Crippen LogP contribution in [-0.4, -0.2) is 73.7 Å². The molecule has 0 aliphatic carbocycles. The summed E-state index contributed by atoms with van der Waals surface area (Å²) < 4.78 is 5.03. The Morgan fingerprint density at radius 2 is 2.04 bits per heavy atom. The van der Waals surface area contributed by atoms with Gasteiger partial charge >= 0.3 is 5.97 Å². The van der Waals surface area contributed by atoms with E-state index in [4.69, 9.17) is 9.84 Å². The first kappa shape index (κ1) is 18.4. The second-order valence-electron chi connectivity index (χ2n) is 6.34. The van der Waals surface area contributed by atoms with Crippen molar-refractivity contribution >= 4 is 11.9 Å². The summed E-state index contributed by atoms with van der Waals surface area (Å²) in [4.78, 5) is 27.3. The molecule has 0 aromatic heterocycles. The molecule has 0 spiro atoms. The van der Waals surface area contributed by atoms with Crippen LogP contribution in [0.15, 0.2) is 24.3 Å². The lowest BCUT2D eigenvalue weighted by Crippen LogP contribution is -2.44. The molecule has 1 amide bonds. The molecule has 1 N–H and O–H groups in total. The van der Waals surface area contributed by atoms with E-state index in [1.54, 1.807) is 19.2 Å². The Bertz CT molecular complexity index is 559. The highest BCUT2D eigenvalue weighted by molar-refractivity contribution is 5.87. The first-order valence-electron chi connectivity index (χ1n) is 8.29. The Morgan fingerprint density at radius 3 is 2.67 bits per heavy atom. The molecule has 1 fully saturated rings. The summed E-state index contributed by atoms with van der Waals surface area (Å²) in [5.41, 5.74) is 1.40. The monoisotopic (exact) mass is 334 g/mol. The summed E-state index contributed by atoms with van der Waals surface area (Å²) in [5, 5.41) is 8.98. The van der Waals surface area contributed by atoms with Gasteiger partial charge in [0.15, 0.2) is 0 Å². The highest BCUT2D eigenvalue weighted by atomic mass is 16.5. The number of hydrogen-bond acceptors (Lipinski definition) is 4. The number of carbonyl (C=O) groups excluding carboxylic acids is 1. The Hall–Kier alpha value is -1.92. The number of ether oxygens (including phenoxy) is 1. The van der Waals surface area contributed by atoms with E-state index in [0.717, 1.165) is 31.5 Å². The van der Waals surface area contributed by atoms with Crippen molar-refractivity contribution in [3.63, 3.8) is 0 Å². The third-order valence-corrected chi connectivity index (χ3v) is 4.49. The molecule has 1 saturated heterocycles. The van der Waals surface area contributed by atoms with Crippen molar-refractivity contribution in [3.8, 4) is 0 Å². The molecule has 6 nitrogen and oxygen atoms in total. The molecule has 0 radical (unpaired) electrons. The summed E-state index contributed by atoms with van der Waals surface area (Å²) in [6, 6.07) is 7.01. The maximum absolute atomic E-state index is 12.5. The topological polar surface area (TPSA) is 70.1 Å². The lowest BCUT2D eigenvalue weighted by Gasteiger charge is -2.34. The molecule has 0 bridgehead atoms. The van der Waals surface area contributed by atoms with Crippen LogP contribution in [0.1, 0.15) is 34.7 Å². The molecule has 0 saturated carbocycles. The molecule has 132 valence electrons. The van der Waals surface area contributed by atoms with E-state index in [1.165, 1.54) is 0 Å². The number of hydrogen-bond donors (Lipinski definition) is 1. The van der Waals surface area contributed by atoms with Crippen molar-refractivity contribution in [1.82, 2.24) is 9.80 Å². The number of benzene rings is 1. The zero-order valence-electron chi connectivity index (χ0n) is 14.4. The quantitative estimate of drug-likeness (QED) is 0.821. The molecule has 1 aliphatic rings. The number of nitrogens with zero attached hydrogens (tertiary/aromatic N) is 2. The minimum Gasteiger partial charge on any atom is -0.478 e. The van der Waals surface area contributed by atoms with Gasteiger partial charge in [-0.15, -0.1) is 0 Å². The largest absolute Gasteiger partial charge is 0.478 e. The Labute approximate surface area is 143 Å². The summed E-state index contributed by atoms with van der Waals surface area (Å²) in [6.07, 6.45) is 1.99. The molecular formula is C18H26N2O4. The van der Waals surface area contributed by atoms with Gasteiger partial charge in [-0.25, -0.2) is 4.79 Å². The van der Waals surface area contributed by atoms with Gasteiger partial charge in [0.05, 0.1) is 18.7 Å². The van der Waals surface area contributed by atoms with E-state index in [2.05, 4.69) is 0 Å². The fraction of sp³-hybridized carbons (Fsp3) is 0.556. The summed E-state index contributed by atoms with van der Waals surface area (Å²) in [5.74, 6) is -0.503. The number of amides is 1. The smallest absolute Gasteiger partial charge is 0.335 e. The van der Waals surface area contributed by atoms with Crippen LogP contribution in [0, 0.1) is 0 Å². The van der Waals surface area contributed by atoms with Crippen molar-refractivity contribution in [2.75, 3.05) is 46.9 Å². The molecule has 1 aliphatic heterocycles. The number of carboxylic acids is 1. The SMILES string of the molecule is COCCN(C)CC(=O)N1CCCC(c2ccc(C(=O)O)cc2)C1. The highest BCUT2D eigenvalue weighted by Gasteiger charge is 2.25. The lowest BCUT2D eigenvalue weighted by atomic mass is 9.90. The van der Waals surface area contributed by atoms with Crippen molar-refractivity contribution in [2.24, 2.45) is 0 Å². The zero-order valence-corrected chi connectivity index (χ0v) is 14.4. The first-order valence-corrected chi connectivity index (χ1v) is 8.29. The van der Waals surface area contributed by atoms with Gasteiger partial charge in [-0.3, -0.25) is 9.69 Å². The average molecular weight is 334 g/mol. The van der Waals surface area contributed by atoms with Crippen molar-refractivity contribution in [1.29, 1.82) is 0 Å². The number of methoxy groups -OCH3 is 1. The van der Waals surface area contributed by atoms with Crippen molar-refractivity contribution in [2.45, 2.75) is 18.8 Å². The maximum atomic E-state index is 12.5. The van der Waals surface area contributed by atoms with Crippen LogP contribution in [0.3, 0.4) is 0 Å². The van der Waals surface area contributed by atoms with E-state index in [1.807, 2.05) is 29.0 Å². The Kier molecular flexibility index (Phi) is 6.75. The highest BCUT2D eigenvalue weighted by Crippen LogP contribution is 2.27. The average Bonchev–Trinajstić information content (AvgIpc) is 2.60. The number of piperidine rings is 1. The van der Waals surface area contributed by atoms with Gasteiger partial charge in [-0.2, -0.15) is 0 Å². The standard InChI is InChI=1S/C18H26N2O4/c1-19(10-11-24-2)13-17(21)20-9-3-4-16(12-20)14-5-7-15(8-6-14)18(22)23/h5-8,16H,3-4,9-13H2,1-2H3,(H,22,23). The van der Waals surface area contributed by atoms with Crippen molar-refractivity contribution in [3.05, 3.63) is 35.4 Å². The second kappa shape index (κ2) is 8.80. The zero-order chi connectivity index (χ0) is 17.5. The van der Waals surface area contributed by atoms with Gasteiger partial charge in [0.2, 0.25) is 5.91 Å². The van der Waals surface area contributed by atoms with Gasteiger partial charge in [0.25, 0.3) is 0 Å². The number of rotatable bonds is 7. The molecule has 1 atom stereocenters. The van der Waals surface area contributed by atoms with Crippen LogP contribution in [-0.2, 0) is 9.53 Å². The molecule has 1 unspecified atom stereocenters. The lowest BCUT2D eigenvalue weighted by molar-refractivity contribution is -0.133. The van der Waals surface area contributed by atoms with E-state index < -0.39 is 5.97 Å². The first-order chi connectivity index (χ1) is 11.5. The number of carboxylic acid groups (broad SMARTS) is 1. The molecule has 1 heterocycles. The number of likely N-dealkylation sites (N-methyl/N-ethyl adjacent to an activating group) is 1. The van der Waals surface area contributed by atoms with Crippen LogP contribution in [0.2, 0.25) is 0 Å². The van der Waals surface area contributed by atoms with Gasteiger partial charge < -0.3 is 14.7 Å². The normalized spacial score (nSPS) is 18.0. The summed E-state index contributed by atoms with van der Waals surface area (Å²) in [6.45, 7) is 3.23. The van der Waals surface area contributed by atoms with Gasteiger partial charge in [-0.05, 0) is 37.6 Å². The van der Waals surface area contributed by atoms with Gasteiger partial charge in [0.1, 0.15) is 0 Å². The van der Waals surface area contributed by atoms with Crippen LogP contribution in [0.5, 0.6) is 0 Å². The summed E-state index contributed by atoms with van der Waals surface area (Å²) in [7, 11) is 3.57. The van der Waals surface area contributed by atoms with Crippen LogP contribution >= 0.6 is 0 Å². The molecule has 2 rings (SSSR count). The van der Waals surface area contributed by atoms with Gasteiger partial charge in [0, 0.05) is 32.7 Å². The van der Waals surface area contributed by atoms with Crippen molar-refractivity contribution < 1.29 is 19.4 Å². The number of aromatic carboxylic acids is 1. The third-order valence-electron chi connectivity index (χ3n) is 4.49. The fourth-order valence-corrected chi connectivity index (χ4v) is 3.03. The maximum Gasteiger partial charge on any atom is 0.335 e. The van der Waals surface area contributed by atoms with E-state index in [9.17, 15) is 9.59 Å². The van der Waals surface area contributed by atoms with E-state index in [-0.39, 0.29) is 11.8 Å². The Balaban J connectivity index is 1.93. The van der Waals surface area contributed by atoms with E-state index in [0.29, 0.717) is 25.3 Å². The minimum atomic E-state index is -0.916. The number of carbonyl (C=O) groups is 2. The van der Waals surface area contributed by atoms with E-state index >= 15 is 0 Å². The predicted octanol–water partition coefficient (Wildman–Crippen LogP) is 1.67. The molecule has 6 heteroatoms. The van der Waals surface area contributed by atoms with Crippen LogP contribution in [0.4, 0.5) is 0 Å². The number of likely N-dealkylation sites (tertiary alicyclic amines) is 1. The van der Waals surface area contributed by atoms with Gasteiger partial charge in [-0.1, -0.05) is 12.1 Å². The summed E-state index contributed by atoms with van der Waals surface area (Å²) >= 11 is 0.